The Hall–Kier alpha value is -2.12. The second kappa shape index (κ2) is 4.19. The van der Waals surface area contributed by atoms with Gasteiger partial charge in [-0.3, -0.25) is 0 Å². The second-order valence-corrected chi connectivity index (χ2v) is 5.64. The summed E-state index contributed by atoms with van der Waals surface area (Å²) in [6.07, 6.45) is 7.14. The minimum absolute atomic E-state index is 0.115. The number of imidazole rings is 1. The van der Waals surface area contributed by atoms with Gasteiger partial charge in [0.15, 0.2) is 0 Å². The molecular formula is C16H16N4. The van der Waals surface area contributed by atoms with Crippen molar-refractivity contribution in [3.05, 3.63) is 53.1 Å². The maximum atomic E-state index is 9.09. The van der Waals surface area contributed by atoms with Crippen LogP contribution in [0.3, 0.4) is 0 Å². The van der Waals surface area contributed by atoms with E-state index < -0.39 is 0 Å². The molecule has 1 spiro atoms. The van der Waals surface area contributed by atoms with Crippen LogP contribution in [0.15, 0.2) is 30.7 Å². The number of aryl methyl sites for hydroxylation is 1. The van der Waals surface area contributed by atoms with E-state index in [1.165, 1.54) is 16.8 Å². The molecule has 0 bridgehead atoms. The Bertz CT molecular complexity index is 706. The second-order valence-electron chi connectivity index (χ2n) is 5.64. The van der Waals surface area contributed by atoms with Gasteiger partial charge in [-0.25, -0.2) is 4.98 Å². The summed E-state index contributed by atoms with van der Waals surface area (Å²) < 4.78 is 2.25. The van der Waals surface area contributed by atoms with Crippen molar-refractivity contribution in [2.45, 2.75) is 31.3 Å². The van der Waals surface area contributed by atoms with Gasteiger partial charge < -0.3 is 9.88 Å². The van der Waals surface area contributed by atoms with Crippen LogP contribution in [0.25, 0.3) is 0 Å². The minimum Gasteiger partial charge on any atom is -0.333 e. The quantitative estimate of drug-likeness (QED) is 0.791. The minimum atomic E-state index is -0.115. The molecule has 1 N–H and O–H groups in total. The van der Waals surface area contributed by atoms with Crippen LogP contribution in [0.4, 0.5) is 0 Å². The van der Waals surface area contributed by atoms with Crippen LogP contribution in [0, 0.1) is 11.3 Å². The summed E-state index contributed by atoms with van der Waals surface area (Å²) in [4.78, 5) is 4.33. The first kappa shape index (κ1) is 11.7. The van der Waals surface area contributed by atoms with E-state index in [0.29, 0.717) is 0 Å². The lowest BCUT2D eigenvalue weighted by molar-refractivity contribution is 0.287. The zero-order valence-corrected chi connectivity index (χ0v) is 11.3. The monoisotopic (exact) mass is 264 g/mol. The molecule has 0 radical (unpaired) electrons. The van der Waals surface area contributed by atoms with Crippen LogP contribution in [0.2, 0.25) is 0 Å². The van der Waals surface area contributed by atoms with E-state index in [2.05, 4.69) is 27.0 Å². The Kier molecular flexibility index (Phi) is 2.45. The van der Waals surface area contributed by atoms with Crippen molar-refractivity contribution in [3.63, 3.8) is 0 Å². The maximum absolute atomic E-state index is 9.09. The molecule has 4 heteroatoms. The Morgan fingerprint density at radius 2 is 2.35 bits per heavy atom. The number of rotatable bonds is 0. The van der Waals surface area contributed by atoms with Gasteiger partial charge in [-0.15, -0.1) is 0 Å². The summed E-state index contributed by atoms with van der Waals surface area (Å²) in [7, 11) is 0. The first-order valence-electron chi connectivity index (χ1n) is 7.13. The molecule has 1 aromatic carbocycles. The normalized spacial score (nSPS) is 23.9. The van der Waals surface area contributed by atoms with Crippen molar-refractivity contribution < 1.29 is 0 Å². The first-order valence-corrected chi connectivity index (χ1v) is 7.13. The smallest absolute Gasteiger partial charge is 0.0991 e. The lowest BCUT2D eigenvalue weighted by Gasteiger charge is -2.43. The number of nitrogens with zero attached hydrogens (tertiary/aromatic N) is 3. The Morgan fingerprint density at radius 1 is 1.40 bits per heavy atom. The standard InChI is InChI=1S/C16H16N4/c17-9-12-2-3-14-13(8-12)4-6-19-16(14)5-1-7-20-11-18-10-15(16)20/h2-3,8,10-11,19H,1,4-7H2. The van der Waals surface area contributed by atoms with Gasteiger partial charge in [0.1, 0.15) is 0 Å². The Morgan fingerprint density at radius 3 is 3.25 bits per heavy atom. The van der Waals surface area contributed by atoms with Gasteiger partial charge in [-0.05, 0) is 42.5 Å². The van der Waals surface area contributed by atoms with Crippen molar-refractivity contribution in [1.82, 2.24) is 14.9 Å². The van der Waals surface area contributed by atoms with E-state index in [-0.39, 0.29) is 5.54 Å². The lowest BCUT2D eigenvalue weighted by atomic mass is 9.75. The third kappa shape index (κ3) is 1.47. The molecule has 1 aromatic heterocycles. The van der Waals surface area contributed by atoms with Crippen molar-refractivity contribution in [2.75, 3.05) is 6.54 Å². The van der Waals surface area contributed by atoms with E-state index in [1.54, 1.807) is 0 Å². The molecule has 0 aliphatic carbocycles. The molecule has 2 aliphatic heterocycles. The fraction of sp³-hybridized carbons (Fsp3) is 0.375. The van der Waals surface area contributed by atoms with Gasteiger partial charge in [-0.2, -0.15) is 5.26 Å². The summed E-state index contributed by atoms with van der Waals surface area (Å²) in [5, 5.41) is 12.8. The highest BCUT2D eigenvalue weighted by Crippen LogP contribution is 2.41. The fourth-order valence-electron chi connectivity index (χ4n) is 3.74. The molecule has 4 rings (SSSR count). The zero-order chi connectivity index (χ0) is 13.6. The predicted molar refractivity (Wildman–Crippen MR) is 75.1 cm³/mol. The largest absolute Gasteiger partial charge is 0.333 e. The topological polar surface area (TPSA) is 53.6 Å². The third-order valence-corrected chi connectivity index (χ3v) is 4.62. The van der Waals surface area contributed by atoms with Gasteiger partial charge >= 0.3 is 0 Å². The van der Waals surface area contributed by atoms with E-state index in [0.717, 1.165) is 37.9 Å². The summed E-state index contributed by atoms with van der Waals surface area (Å²) in [5.74, 6) is 0. The molecule has 2 aromatic rings. The molecular weight excluding hydrogens is 248 g/mol. The van der Waals surface area contributed by atoms with E-state index in [1.807, 2.05) is 24.7 Å². The van der Waals surface area contributed by atoms with Gasteiger partial charge in [-0.1, -0.05) is 6.07 Å². The number of hydrogen-bond donors (Lipinski definition) is 1. The van der Waals surface area contributed by atoms with Crippen LogP contribution < -0.4 is 5.32 Å². The first-order chi connectivity index (χ1) is 9.83. The highest BCUT2D eigenvalue weighted by molar-refractivity contribution is 5.47. The van der Waals surface area contributed by atoms with Crippen LogP contribution in [-0.2, 0) is 18.5 Å². The molecule has 2 aliphatic rings. The number of nitrogens with one attached hydrogen (secondary N) is 1. The van der Waals surface area contributed by atoms with Crippen LogP contribution in [-0.4, -0.2) is 16.1 Å². The van der Waals surface area contributed by atoms with Crippen molar-refractivity contribution in [2.24, 2.45) is 0 Å². The SMILES string of the molecule is N#Cc1ccc2c(c1)CCNC21CCCn2cncc21. The van der Waals surface area contributed by atoms with Crippen LogP contribution in [0.1, 0.15) is 35.2 Å². The predicted octanol–water partition coefficient (Wildman–Crippen LogP) is 1.94. The number of hydrogen-bond acceptors (Lipinski definition) is 3. The third-order valence-electron chi connectivity index (χ3n) is 4.62. The van der Waals surface area contributed by atoms with E-state index in [9.17, 15) is 0 Å². The van der Waals surface area contributed by atoms with Gasteiger partial charge in [0, 0.05) is 13.1 Å². The average Bonchev–Trinajstić information content (AvgIpc) is 2.97. The van der Waals surface area contributed by atoms with Gasteiger partial charge in [0.05, 0.1) is 35.4 Å². The van der Waals surface area contributed by atoms with Crippen molar-refractivity contribution in [3.8, 4) is 6.07 Å². The molecule has 0 fully saturated rings. The molecule has 1 atom stereocenters. The van der Waals surface area contributed by atoms with Gasteiger partial charge in [0.25, 0.3) is 0 Å². The molecule has 100 valence electrons. The number of nitriles is 1. The van der Waals surface area contributed by atoms with Crippen molar-refractivity contribution >= 4 is 0 Å². The fourth-order valence-corrected chi connectivity index (χ4v) is 3.74. The molecule has 0 amide bonds. The van der Waals surface area contributed by atoms with Crippen LogP contribution >= 0.6 is 0 Å². The molecule has 20 heavy (non-hydrogen) atoms. The van der Waals surface area contributed by atoms with Gasteiger partial charge in [0.2, 0.25) is 0 Å². The Balaban J connectivity index is 1.94. The lowest BCUT2D eigenvalue weighted by Crippen LogP contribution is -2.51. The van der Waals surface area contributed by atoms with E-state index >= 15 is 0 Å². The highest BCUT2D eigenvalue weighted by Gasteiger charge is 2.41. The summed E-state index contributed by atoms with van der Waals surface area (Å²) in [5.41, 5.74) is 4.53. The molecule has 0 saturated carbocycles. The molecule has 3 heterocycles. The Labute approximate surface area is 118 Å². The molecule has 1 unspecified atom stereocenters. The molecule has 4 nitrogen and oxygen atoms in total. The zero-order valence-electron chi connectivity index (χ0n) is 11.3. The highest BCUT2D eigenvalue weighted by atomic mass is 15.1. The maximum Gasteiger partial charge on any atom is 0.0991 e. The van der Waals surface area contributed by atoms with E-state index in [4.69, 9.17) is 5.26 Å². The van der Waals surface area contributed by atoms with Crippen LogP contribution in [0.5, 0.6) is 0 Å². The number of aromatic nitrogens is 2. The number of fused-ring (bicyclic) bond motifs is 4. The summed E-state index contributed by atoms with van der Waals surface area (Å²) in [6.45, 7) is 2.00. The average molecular weight is 264 g/mol. The summed E-state index contributed by atoms with van der Waals surface area (Å²) in [6, 6.07) is 8.35. The molecule has 0 saturated heterocycles. The summed E-state index contributed by atoms with van der Waals surface area (Å²) >= 11 is 0. The van der Waals surface area contributed by atoms with Crippen molar-refractivity contribution in [1.29, 1.82) is 5.26 Å². The number of benzene rings is 1.